The van der Waals surface area contributed by atoms with E-state index in [1.54, 1.807) is 26.1 Å². The van der Waals surface area contributed by atoms with Crippen LogP contribution in [0.5, 0.6) is 0 Å². The molecule has 0 aromatic carbocycles. The van der Waals surface area contributed by atoms with E-state index in [1.165, 1.54) is 11.1 Å². The summed E-state index contributed by atoms with van der Waals surface area (Å²) in [5.74, 6) is -0.324. The maximum absolute atomic E-state index is 12.0. The molecule has 1 atom stereocenters. The Morgan fingerprint density at radius 1 is 1.65 bits per heavy atom. The van der Waals surface area contributed by atoms with Gasteiger partial charge in [0.2, 0.25) is 0 Å². The van der Waals surface area contributed by atoms with Crippen LogP contribution < -0.4 is 5.73 Å². The molecule has 0 aliphatic rings. The molecule has 1 heterocycles. The third-order valence-corrected chi connectivity index (χ3v) is 2.86. The number of halogens is 1. The van der Waals surface area contributed by atoms with Crippen LogP contribution in [0.4, 0.5) is 0 Å². The quantitative estimate of drug-likeness (QED) is 0.378. The Kier molecular flexibility index (Phi) is 4.45. The number of hydrogen-bond acceptors (Lipinski definition) is 4. The Bertz CT molecular complexity index is 432. The first-order valence-electron chi connectivity index (χ1n) is 4.83. The van der Waals surface area contributed by atoms with Crippen molar-refractivity contribution in [1.29, 1.82) is 0 Å². The Labute approximate surface area is 107 Å². The fraction of sp³-hybridized carbons (Fsp3) is 0.300. The minimum atomic E-state index is -0.502. The number of carbonyl (C=O) groups excluding carboxylic acids is 1. The Morgan fingerprint density at radius 2 is 2.29 bits per heavy atom. The Hall–Kier alpha value is -1.63. The number of rotatable bonds is 3. The first-order valence-corrected chi connectivity index (χ1v) is 5.62. The van der Waals surface area contributed by atoms with Gasteiger partial charge in [-0.25, -0.2) is 4.98 Å². The van der Waals surface area contributed by atoms with Crippen LogP contribution in [0.1, 0.15) is 17.4 Å². The van der Waals surface area contributed by atoms with E-state index < -0.39 is 6.04 Å². The number of nitrogens with zero attached hydrogens (tertiary/aromatic N) is 3. The molecule has 1 unspecified atom stereocenters. The van der Waals surface area contributed by atoms with Crippen molar-refractivity contribution in [2.45, 2.75) is 13.0 Å². The molecule has 0 aliphatic heterocycles. The molecule has 0 fully saturated rings. The maximum atomic E-state index is 12.0. The number of oxime groups is 1. The summed E-state index contributed by atoms with van der Waals surface area (Å²) >= 11 is 3.24. The van der Waals surface area contributed by atoms with E-state index in [1.807, 2.05) is 0 Å². The highest BCUT2D eigenvalue weighted by atomic mass is 79.9. The van der Waals surface area contributed by atoms with Crippen LogP contribution in [-0.2, 0) is 0 Å². The second kappa shape index (κ2) is 5.62. The molecule has 6 nitrogen and oxygen atoms in total. The van der Waals surface area contributed by atoms with Crippen molar-refractivity contribution in [2.75, 3.05) is 7.05 Å². The van der Waals surface area contributed by atoms with Crippen molar-refractivity contribution >= 4 is 27.7 Å². The molecule has 7 heteroatoms. The lowest BCUT2D eigenvalue weighted by atomic mass is 10.2. The van der Waals surface area contributed by atoms with Gasteiger partial charge in [-0.05, 0) is 35.0 Å². The molecule has 1 amide bonds. The van der Waals surface area contributed by atoms with Gasteiger partial charge in [-0.2, -0.15) is 0 Å². The van der Waals surface area contributed by atoms with Gasteiger partial charge in [0.05, 0.1) is 6.04 Å². The smallest absolute Gasteiger partial charge is 0.272 e. The van der Waals surface area contributed by atoms with Crippen LogP contribution in [0.2, 0.25) is 0 Å². The van der Waals surface area contributed by atoms with Crippen LogP contribution in [0.25, 0.3) is 0 Å². The second-order valence-corrected chi connectivity index (χ2v) is 4.39. The van der Waals surface area contributed by atoms with E-state index in [4.69, 9.17) is 10.9 Å². The van der Waals surface area contributed by atoms with Gasteiger partial charge < -0.3 is 15.8 Å². The zero-order valence-corrected chi connectivity index (χ0v) is 11.0. The van der Waals surface area contributed by atoms with E-state index >= 15 is 0 Å². The standard InChI is InChI=1S/C10H13BrN4O2/c1-6(9(12)14-17)15(2)10(16)8-4-3-7(11)5-13-8/h3-6,17H,1-2H3,(H2,12,14). The number of pyridine rings is 1. The molecule has 1 rings (SSSR count). The molecule has 0 saturated carbocycles. The first-order chi connectivity index (χ1) is 7.97. The van der Waals surface area contributed by atoms with Crippen molar-refractivity contribution < 1.29 is 10.0 Å². The fourth-order valence-electron chi connectivity index (χ4n) is 1.14. The largest absolute Gasteiger partial charge is 0.409 e. The second-order valence-electron chi connectivity index (χ2n) is 3.48. The SMILES string of the molecule is CC(C(N)=NO)N(C)C(=O)c1ccc(Br)cn1. The van der Waals surface area contributed by atoms with Crippen LogP contribution in [0.15, 0.2) is 28.0 Å². The lowest BCUT2D eigenvalue weighted by molar-refractivity contribution is 0.0770. The maximum Gasteiger partial charge on any atom is 0.272 e. The number of aromatic nitrogens is 1. The third-order valence-electron chi connectivity index (χ3n) is 2.39. The van der Waals surface area contributed by atoms with Crippen LogP contribution in [-0.4, -0.2) is 39.9 Å². The predicted molar refractivity (Wildman–Crippen MR) is 66.9 cm³/mol. The summed E-state index contributed by atoms with van der Waals surface area (Å²) in [6, 6.07) is 2.82. The highest BCUT2D eigenvalue weighted by Crippen LogP contribution is 2.10. The molecule has 0 spiro atoms. The summed E-state index contributed by atoms with van der Waals surface area (Å²) in [7, 11) is 1.56. The number of carbonyl (C=O) groups is 1. The van der Waals surface area contributed by atoms with Crippen LogP contribution in [0, 0.1) is 0 Å². The minimum absolute atomic E-state index is 0.0297. The van der Waals surface area contributed by atoms with Gasteiger partial charge in [-0.1, -0.05) is 5.16 Å². The topological polar surface area (TPSA) is 91.8 Å². The number of amides is 1. The zero-order valence-electron chi connectivity index (χ0n) is 9.46. The number of likely N-dealkylation sites (N-methyl/N-ethyl adjacent to an activating group) is 1. The van der Waals surface area contributed by atoms with Crippen molar-refractivity contribution in [1.82, 2.24) is 9.88 Å². The summed E-state index contributed by atoms with van der Waals surface area (Å²) in [5.41, 5.74) is 5.73. The first kappa shape index (κ1) is 13.4. The Balaban J connectivity index is 2.86. The van der Waals surface area contributed by atoms with Gasteiger partial charge in [0.1, 0.15) is 5.69 Å². The zero-order chi connectivity index (χ0) is 13.0. The number of hydrogen-bond donors (Lipinski definition) is 2. The third kappa shape index (κ3) is 3.16. The monoisotopic (exact) mass is 300 g/mol. The average molecular weight is 301 g/mol. The summed E-state index contributed by atoms with van der Waals surface area (Å²) in [6.45, 7) is 1.66. The summed E-state index contributed by atoms with van der Waals surface area (Å²) < 4.78 is 0.793. The lowest BCUT2D eigenvalue weighted by Crippen LogP contribution is -2.44. The predicted octanol–water partition coefficient (Wildman–Crippen LogP) is 1.05. The number of amidine groups is 1. The summed E-state index contributed by atoms with van der Waals surface area (Å²) in [4.78, 5) is 17.3. The molecule has 3 N–H and O–H groups in total. The van der Waals surface area contributed by atoms with E-state index in [0.29, 0.717) is 5.69 Å². The molecule has 0 radical (unpaired) electrons. The van der Waals surface area contributed by atoms with Crippen molar-refractivity contribution in [3.05, 3.63) is 28.5 Å². The molecule has 0 saturated heterocycles. The normalized spacial score (nSPS) is 13.2. The summed E-state index contributed by atoms with van der Waals surface area (Å²) in [6.07, 6.45) is 1.54. The number of nitrogens with two attached hydrogens (primary N) is 1. The van der Waals surface area contributed by atoms with Gasteiger partial charge in [0.15, 0.2) is 5.84 Å². The van der Waals surface area contributed by atoms with Gasteiger partial charge in [0, 0.05) is 17.7 Å². The summed E-state index contributed by atoms with van der Waals surface area (Å²) in [5, 5.41) is 11.4. The molecule has 1 aromatic heterocycles. The molecule has 1 aromatic rings. The lowest BCUT2D eigenvalue weighted by Gasteiger charge is -2.23. The average Bonchev–Trinajstić information content (AvgIpc) is 2.36. The van der Waals surface area contributed by atoms with Crippen molar-refractivity contribution in [3.8, 4) is 0 Å². The highest BCUT2D eigenvalue weighted by molar-refractivity contribution is 9.10. The molecule has 0 aliphatic carbocycles. The molecule has 17 heavy (non-hydrogen) atoms. The molecular weight excluding hydrogens is 288 g/mol. The van der Waals surface area contributed by atoms with Gasteiger partial charge in [-0.15, -0.1) is 0 Å². The highest BCUT2D eigenvalue weighted by Gasteiger charge is 2.21. The van der Waals surface area contributed by atoms with E-state index in [0.717, 1.165) is 4.47 Å². The van der Waals surface area contributed by atoms with Crippen LogP contribution in [0.3, 0.4) is 0 Å². The fourth-order valence-corrected chi connectivity index (χ4v) is 1.38. The van der Waals surface area contributed by atoms with E-state index in [-0.39, 0.29) is 11.7 Å². The van der Waals surface area contributed by atoms with Crippen molar-refractivity contribution in [3.63, 3.8) is 0 Å². The minimum Gasteiger partial charge on any atom is -0.409 e. The van der Waals surface area contributed by atoms with E-state index in [9.17, 15) is 4.79 Å². The molecular formula is C10H13BrN4O2. The van der Waals surface area contributed by atoms with Crippen molar-refractivity contribution in [2.24, 2.45) is 10.9 Å². The molecule has 92 valence electrons. The molecule has 0 bridgehead atoms. The van der Waals surface area contributed by atoms with Crippen LogP contribution >= 0.6 is 15.9 Å². The van der Waals surface area contributed by atoms with Gasteiger partial charge in [0.25, 0.3) is 5.91 Å². The van der Waals surface area contributed by atoms with E-state index in [2.05, 4.69) is 26.1 Å². The Morgan fingerprint density at radius 3 is 2.76 bits per heavy atom. The van der Waals surface area contributed by atoms with Gasteiger partial charge >= 0.3 is 0 Å². The van der Waals surface area contributed by atoms with Gasteiger partial charge in [-0.3, -0.25) is 4.79 Å².